The monoisotopic (exact) mass is 378 g/mol. The molecule has 0 radical (unpaired) electrons. The average Bonchev–Trinajstić information content (AvgIpc) is 3.10. The van der Waals surface area contributed by atoms with Crippen molar-refractivity contribution in [3.05, 3.63) is 35.9 Å². The molecule has 0 aliphatic carbocycles. The first-order valence-electron chi connectivity index (χ1n) is 9.33. The first-order valence-corrected chi connectivity index (χ1v) is 10.8. The van der Waals surface area contributed by atoms with E-state index in [1.165, 1.54) is 0 Å². The fourth-order valence-corrected chi connectivity index (χ4v) is 3.94. The number of hydrogen-bond acceptors (Lipinski definition) is 3. The van der Waals surface area contributed by atoms with Crippen LogP contribution in [0.2, 0.25) is 0 Å². The summed E-state index contributed by atoms with van der Waals surface area (Å²) in [4.78, 5) is 18.2. The van der Waals surface area contributed by atoms with Gasteiger partial charge in [0.2, 0.25) is 5.91 Å². The Bertz CT molecular complexity index is 621. The molecule has 6 nitrogen and oxygen atoms in total. The Morgan fingerprint density at radius 1 is 1.31 bits per heavy atom. The number of guanidine groups is 1. The molecule has 1 fully saturated rings. The molecule has 0 saturated carbocycles. The van der Waals surface area contributed by atoms with Crippen molar-refractivity contribution in [2.75, 3.05) is 31.9 Å². The summed E-state index contributed by atoms with van der Waals surface area (Å²) in [5.74, 6) is 2.04. The number of benzene rings is 1. The van der Waals surface area contributed by atoms with Crippen molar-refractivity contribution in [3.63, 3.8) is 0 Å². The third kappa shape index (κ3) is 6.78. The molecule has 2 rings (SSSR count). The van der Waals surface area contributed by atoms with E-state index < -0.39 is 10.8 Å². The van der Waals surface area contributed by atoms with Gasteiger partial charge in [-0.3, -0.25) is 14.0 Å². The summed E-state index contributed by atoms with van der Waals surface area (Å²) in [6.07, 6.45) is 1.48. The molecule has 1 saturated heterocycles. The zero-order chi connectivity index (χ0) is 18.8. The summed E-state index contributed by atoms with van der Waals surface area (Å²) >= 11 is 0. The van der Waals surface area contributed by atoms with E-state index in [0.29, 0.717) is 24.5 Å². The maximum Gasteiger partial charge on any atom is 0.222 e. The molecule has 1 aromatic carbocycles. The molecular weight excluding hydrogens is 348 g/mol. The minimum Gasteiger partial charge on any atom is -0.357 e. The summed E-state index contributed by atoms with van der Waals surface area (Å²) < 4.78 is 12.2. The van der Waals surface area contributed by atoms with Crippen LogP contribution in [0.5, 0.6) is 0 Å². The fraction of sp³-hybridized carbons (Fsp3) is 0.579. The number of rotatable bonds is 8. The first-order chi connectivity index (χ1) is 12.6. The zero-order valence-electron chi connectivity index (χ0n) is 15.7. The standard InChI is InChI=1S/C19H30N4O2S/c1-3-18(24)23-12-10-17(14-23)22-19(20-4-2)21-11-13-26(25)15-16-8-6-5-7-9-16/h5-9,17H,3-4,10-15H2,1-2H3,(H2,20,21,22). The van der Waals surface area contributed by atoms with Gasteiger partial charge in [0.15, 0.2) is 5.96 Å². The molecule has 1 amide bonds. The maximum absolute atomic E-state index is 12.2. The number of likely N-dealkylation sites (tertiary alicyclic amines) is 1. The van der Waals surface area contributed by atoms with Crippen LogP contribution in [0.3, 0.4) is 0 Å². The highest BCUT2D eigenvalue weighted by atomic mass is 32.2. The molecule has 1 aromatic rings. The smallest absolute Gasteiger partial charge is 0.222 e. The topological polar surface area (TPSA) is 73.8 Å². The van der Waals surface area contributed by atoms with E-state index >= 15 is 0 Å². The average molecular weight is 379 g/mol. The van der Waals surface area contributed by atoms with Gasteiger partial charge in [0.25, 0.3) is 0 Å². The van der Waals surface area contributed by atoms with E-state index in [1.54, 1.807) is 0 Å². The number of hydrogen-bond donors (Lipinski definition) is 2. The fourth-order valence-electron chi connectivity index (χ4n) is 2.93. The van der Waals surface area contributed by atoms with Crippen molar-refractivity contribution in [1.82, 2.24) is 15.5 Å². The maximum atomic E-state index is 12.2. The largest absolute Gasteiger partial charge is 0.357 e. The van der Waals surface area contributed by atoms with Gasteiger partial charge in [-0.1, -0.05) is 37.3 Å². The Morgan fingerprint density at radius 2 is 2.08 bits per heavy atom. The molecule has 0 aromatic heterocycles. The SMILES string of the molecule is CCNC(=NCCS(=O)Cc1ccccc1)NC1CCN(C(=O)CC)C1. The van der Waals surface area contributed by atoms with Crippen molar-refractivity contribution in [3.8, 4) is 0 Å². The summed E-state index contributed by atoms with van der Waals surface area (Å²) in [7, 11) is -0.924. The Balaban J connectivity index is 1.79. The minimum absolute atomic E-state index is 0.201. The highest BCUT2D eigenvalue weighted by Gasteiger charge is 2.25. The van der Waals surface area contributed by atoms with Crippen molar-refractivity contribution in [2.45, 2.75) is 38.5 Å². The van der Waals surface area contributed by atoms with Gasteiger partial charge in [-0.25, -0.2) is 0 Å². The van der Waals surface area contributed by atoms with Gasteiger partial charge in [-0.05, 0) is 18.9 Å². The molecule has 1 aliphatic heterocycles. The Labute approximate surface area is 158 Å². The summed E-state index contributed by atoms with van der Waals surface area (Å²) in [5, 5.41) is 6.62. The lowest BCUT2D eigenvalue weighted by Crippen LogP contribution is -2.45. The molecular formula is C19H30N4O2S. The van der Waals surface area contributed by atoms with Crippen LogP contribution < -0.4 is 10.6 Å². The number of amides is 1. The molecule has 2 unspecified atom stereocenters. The highest BCUT2D eigenvalue weighted by Crippen LogP contribution is 2.10. The van der Waals surface area contributed by atoms with Crippen LogP contribution in [0.1, 0.15) is 32.3 Å². The van der Waals surface area contributed by atoms with Crippen molar-refractivity contribution in [1.29, 1.82) is 0 Å². The number of aliphatic imine (C=N–C) groups is 1. The second kappa shape index (κ2) is 11.0. The van der Waals surface area contributed by atoms with Crippen LogP contribution in [0.25, 0.3) is 0 Å². The van der Waals surface area contributed by atoms with Crippen LogP contribution >= 0.6 is 0 Å². The quantitative estimate of drug-likeness (QED) is 0.531. The van der Waals surface area contributed by atoms with Crippen LogP contribution in [0.15, 0.2) is 35.3 Å². The van der Waals surface area contributed by atoms with Gasteiger partial charge in [-0.2, -0.15) is 0 Å². The van der Waals surface area contributed by atoms with Gasteiger partial charge in [0, 0.05) is 54.4 Å². The third-order valence-electron chi connectivity index (χ3n) is 4.29. The third-order valence-corrected chi connectivity index (χ3v) is 5.58. The lowest BCUT2D eigenvalue weighted by atomic mass is 10.2. The minimum atomic E-state index is -0.924. The van der Waals surface area contributed by atoms with Gasteiger partial charge in [0.1, 0.15) is 0 Å². The normalized spacial score (nSPS) is 18.6. The van der Waals surface area contributed by atoms with Crippen LogP contribution in [0.4, 0.5) is 0 Å². The molecule has 26 heavy (non-hydrogen) atoms. The molecule has 2 atom stereocenters. The Hall–Kier alpha value is -1.89. The van der Waals surface area contributed by atoms with Gasteiger partial charge >= 0.3 is 0 Å². The first kappa shape index (κ1) is 20.4. The molecule has 7 heteroatoms. The predicted octanol–water partition coefficient (Wildman–Crippen LogP) is 1.50. The van der Waals surface area contributed by atoms with E-state index in [0.717, 1.165) is 37.6 Å². The van der Waals surface area contributed by atoms with Crippen LogP contribution in [-0.2, 0) is 21.3 Å². The second-order valence-corrected chi connectivity index (χ2v) is 7.93. The van der Waals surface area contributed by atoms with Crippen molar-refractivity contribution < 1.29 is 9.00 Å². The second-order valence-electron chi connectivity index (χ2n) is 6.36. The molecule has 2 N–H and O–H groups in total. The zero-order valence-corrected chi connectivity index (χ0v) is 16.6. The lowest BCUT2D eigenvalue weighted by molar-refractivity contribution is -0.129. The van der Waals surface area contributed by atoms with Crippen molar-refractivity contribution in [2.24, 2.45) is 4.99 Å². The Morgan fingerprint density at radius 3 is 2.77 bits per heavy atom. The number of nitrogens with zero attached hydrogens (tertiary/aromatic N) is 2. The lowest BCUT2D eigenvalue weighted by Gasteiger charge is -2.18. The highest BCUT2D eigenvalue weighted by molar-refractivity contribution is 7.84. The summed E-state index contributed by atoms with van der Waals surface area (Å²) in [5.41, 5.74) is 1.09. The van der Waals surface area contributed by atoms with E-state index in [4.69, 9.17) is 0 Å². The van der Waals surface area contributed by atoms with Gasteiger partial charge in [-0.15, -0.1) is 0 Å². The van der Waals surface area contributed by atoms with E-state index in [2.05, 4.69) is 15.6 Å². The molecule has 1 heterocycles. The van der Waals surface area contributed by atoms with Crippen LogP contribution in [-0.4, -0.2) is 58.9 Å². The van der Waals surface area contributed by atoms with Gasteiger partial charge in [0.05, 0.1) is 6.54 Å². The molecule has 144 valence electrons. The van der Waals surface area contributed by atoms with E-state index in [-0.39, 0.29) is 11.9 Å². The molecule has 0 bridgehead atoms. The number of carbonyl (C=O) groups excluding carboxylic acids is 1. The van der Waals surface area contributed by atoms with E-state index in [1.807, 2.05) is 49.1 Å². The van der Waals surface area contributed by atoms with Crippen molar-refractivity contribution >= 4 is 22.7 Å². The van der Waals surface area contributed by atoms with Gasteiger partial charge < -0.3 is 15.5 Å². The summed E-state index contributed by atoms with van der Waals surface area (Å²) in [6.45, 7) is 6.71. The molecule has 0 spiro atoms. The summed E-state index contributed by atoms with van der Waals surface area (Å²) in [6, 6.07) is 10.1. The van der Waals surface area contributed by atoms with E-state index in [9.17, 15) is 9.00 Å². The Kier molecular flexibility index (Phi) is 8.61. The number of nitrogens with one attached hydrogen (secondary N) is 2. The number of carbonyl (C=O) groups is 1. The molecule has 1 aliphatic rings. The van der Waals surface area contributed by atoms with Crippen LogP contribution in [0, 0.1) is 0 Å². The predicted molar refractivity (Wildman–Crippen MR) is 108 cm³/mol.